The van der Waals surface area contributed by atoms with E-state index in [1.807, 2.05) is 11.8 Å². The summed E-state index contributed by atoms with van der Waals surface area (Å²) in [6.07, 6.45) is 6.94. The highest BCUT2D eigenvalue weighted by atomic mass is 32.2. The Hall–Kier alpha value is -1.34. The van der Waals surface area contributed by atoms with E-state index in [1.165, 1.54) is 25.7 Å². The Labute approximate surface area is 115 Å². The third-order valence-electron chi connectivity index (χ3n) is 3.57. The predicted octanol–water partition coefficient (Wildman–Crippen LogP) is 2.31. The van der Waals surface area contributed by atoms with Crippen molar-refractivity contribution in [2.45, 2.75) is 42.9 Å². The van der Waals surface area contributed by atoms with Gasteiger partial charge in [0.2, 0.25) is 5.95 Å². The van der Waals surface area contributed by atoms with Crippen molar-refractivity contribution in [2.24, 2.45) is 11.8 Å². The number of aromatic amines is 1. The summed E-state index contributed by atoms with van der Waals surface area (Å²) in [6.45, 7) is 2.33. The molecule has 3 rings (SSSR count). The molecule has 2 atom stereocenters. The van der Waals surface area contributed by atoms with Crippen molar-refractivity contribution in [3.8, 4) is 0 Å². The molecule has 102 valence electrons. The fraction of sp³-hybridized carbons (Fsp3) is 0.583. The lowest BCUT2D eigenvalue weighted by atomic mass is 9.91. The van der Waals surface area contributed by atoms with Gasteiger partial charge in [-0.3, -0.25) is 10.5 Å². The van der Waals surface area contributed by atoms with Crippen molar-refractivity contribution < 1.29 is 0 Å². The molecule has 0 radical (unpaired) electrons. The molecule has 0 saturated heterocycles. The maximum Gasteiger partial charge on any atom is 0.240 e. The number of rotatable bonds is 3. The molecule has 7 heteroatoms. The molecule has 1 saturated carbocycles. The lowest BCUT2D eigenvalue weighted by Crippen LogP contribution is -2.16. The van der Waals surface area contributed by atoms with E-state index < -0.39 is 0 Å². The molecule has 1 aliphatic carbocycles. The van der Waals surface area contributed by atoms with Crippen LogP contribution in [0, 0.1) is 5.92 Å². The molecule has 6 nitrogen and oxygen atoms in total. The Morgan fingerprint density at radius 2 is 2.32 bits per heavy atom. The van der Waals surface area contributed by atoms with Crippen molar-refractivity contribution in [3.05, 3.63) is 6.20 Å². The lowest BCUT2D eigenvalue weighted by Gasteiger charge is -2.25. The van der Waals surface area contributed by atoms with Crippen LogP contribution in [0.4, 0.5) is 5.95 Å². The van der Waals surface area contributed by atoms with Crippen LogP contribution in [-0.2, 0) is 0 Å². The molecule has 0 spiro atoms. The molecule has 2 aromatic heterocycles. The van der Waals surface area contributed by atoms with Crippen LogP contribution >= 0.6 is 11.8 Å². The molecule has 4 N–H and O–H groups in total. The van der Waals surface area contributed by atoms with Crippen molar-refractivity contribution in [3.63, 3.8) is 0 Å². The molecule has 2 heterocycles. The van der Waals surface area contributed by atoms with Gasteiger partial charge in [-0.1, -0.05) is 19.8 Å². The number of fused-ring (bicyclic) bond motifs is 1. The van der Waals surface area contributed by atoms with Crippen LogP contribution in [-0.4, -0.2) is 25.4 Å². The van der Waals surface area contributed by atoms with E-state index in [0.717, 1.165) is 22.0 Å². The summed E-state index contributed by atoms with van der Waals surface area (Å²) in [7, 11) is 0. The van der Waals surface area contributed by atoms with Crippen LogP contribution < -0.4 is 11.3 Å². The molecule has 0 aromatic carbocycles. The van der Waals surface area contributed by atoms with E-state index in [2.05, 4.69) is 32.5 Å². The van der Waals surface area contributed by atoms with Crippen molar-refractivity contribution in [2.75, 3.05) is 5.43 Å². The fourth-order valence-electron chi connectivity index (χ4n) is 2.61. The van der Waals surface area contributed by atoms with Crippen LogP contribution in [0.5, 0.6) is 0 Å². The average molecular weight is 278 g/mol. The minimum absolute atomic E-state index is 0.433. The van der Waals surface area contributed by atoms with Gasteiger partial charge in [-0.2, -0.15) is 10.1 Å². The maximum absolute atomic E-state index is 5.42. The number of aromatic nitrogens is 4. The molecular formula is C12H18N6S. The second-order valence-electron chi connectivity index (χ2n) is 5.14. The normalized spacial score (nSPS) is 23.7. The topological polar surface area (TPSA) is 92.5 Å². The van der Waals surface area contributed by atoms with Crippen molar-refractivity contribution >= 4 is 28.7 Å². The first-order valence-corrected chi connectivity index (χ1v) is 7.48. The number of hydrogen-bond acceptors (Lipinski definition) is 6. The molecule has 2 aromatic rings. The van der Waals surface area contributed by atoms with Crippen LogP contribution in [0.15, 0.2) is 11.2 Å². The Kier molecular flexibility index (Phi) is 3.56. The second kappa shape index (κ2) is 5.34. The molecule has 1 aliphatic rings. The highest BCUT2D eigenvalue weighted by molar-refractivity contribution is 8.00. The quantitative estimate of drug-likeness (QED) is 0.453. The number of nitrogens with two attached hydrogens (primary N) is 1. The predicted molar refractivity (Wildman–Crippen MR) is 76.8 cm³/mol. The third kappa shape index (κ3) is 2.66. The Morgan fingerprint density at radius 1 is 1.42 bits per heavy atom. The number of nitrogens with zero attached hydrogens (tertiary/aromatic N) is 3. The zero-order chi connectivity index (χ0) is 13.2. The fourth-order valence-corrected chi connectivity index (χ4v) is 4.05. The van der Waals surface area contributed by atoms with Crippen LogP contribution in [0.3, 0.4) is 0 Å². The molecule has 0 bridgehead atoms. The van der Waals surface area contributed by atoms with Gasteiger partial charge < -0.3 is 0 Å². The van der Waals surface area contributed by atoms with E-state index in [4.69, 9.17) is 5.84 Å². The number of hydrazine groups is 1. The molecular weight excluding hydrogens is 260 g/mol. The third-order valence-corrected chi connectivity index (χ3v) is 4.87. The van der Waals surface area contributed by atoms with Gasteiger partial charge in [-0.15, -0.1) is 11.8 Å². The van der Waals surface area contributed by atoms with Crippen LogP contribution in [0.25, 0.3) is 11.0 Å². The van der Waals surface area contributed by atoms with E-state index in [9.17, 15) is 0 Å². The van der Waals surface area contributed by atoms with Gasteiger partial charge in [-0.05, 0) is 18.8 Å². The summed E-state index contributed by atoms with van der Waals surface area (Å²) in [5, 5.41) is 9.47. The van der Waals surface area contributed by atoms with Gasteiger partial charge >= 0.3 is 0 Å². The SMILES string of the molecule is CC1CCCC(Sc2nc(NN)nc3[nH]ncc23)C1. The van der Waals surface area contributed by atoms with Gasteiger partial charge in [0.05, 0.1) is 11.6 Å². The van der Waals surface area contributed by atoms with E-state index in [0.29, 0.717) is 11.2 Å². The Bertz CT molecular complexity index is 568. The minimum atomic E-state index is 0.433. The maximum atomic E-state index is 5.42. The summed E-state index contributed by atoms with van der Waals surface area (Å²) < 4.78 is 0. The molecule has 0 aliphatic heterocycles. The van der Waals surface area contributed by atoms with Gasteiger partial charge in [0.15, 0.2) is 5.65 Å². The summed E-state index contributed by atoms with van der Waals surface area (Å²) in [5.41, 5.74) is 3.24. The number of hydrogen-bond donors (Lipinski definition) is 3. The van der Waals surface area contributed by atoms with Gasteiger partial charge in [0, 0.05) is 5.25 Å². The smallest absolute Gasteiger partial charge is 0.240 e. The summed E-state index contributed by atoms with van der Waals surface area (Å²) >= 11 is 1.83. The average Bonchev–Trinajstić information content (AvgIpc) is 2.87. The first-order valence-electron chi connectivity index (χ1n) is 6.60. The van der Waals surface area contributed by atoms with Gasteiger partial charge in [0.1, 0.15) is 5.03 Å². The van der Waals surface area contributed by atoms with E-state index >= 15 is 0 Å². The summed E-state index contributed by atoms with van der Waals surface area (Å²) in [5.74, 6) is 6.65. The van der Waals surface area contributed by atoms with Crippen LogP contribution in [0.1, 0.15) is 32.6 Å². The monoisotopic (exact) mass is 278 g/mol. The van der Waals surface area contributed by atoms with E-state index in [-0.39, 0.29) is 0 Å². The number of nitrogens with one attached hydrogen (secondary N) is 2. The number of thioether (sulfide) groups is 1. The highest BCUT2D eigenvalue weighted by Gasteiger charge is 2.22. The number of H-pyrrole nitrogens is 1. The second-order valence-corrected chi connectivity index (χ2v) is 6.43. The Morgan fingerprint density at radius 3 is 3.11 bits per heavy atom. The van der Waals surface area contributed by atoms with Crippen molar-refractivity contribution in [1.29, 1.82) is 0 Å². The van der Waals surface area contributed by atoms with Crippen LogP contribution in [0.2, 0.25) is 0 Å². The number of nitrogen functional groups attached to an aromatic ring is 1. The zero-order valence-corrected chi connectivity index (χ0v) is 11.7. The lowest BCUT2D eigenvalue weighted by molar-refractivity contribution is 0.394. The van der Waals surface area contributed by atoms with Gasteiger partial charge in [-0.25, -0.2) is 10.8 Å². The summed E-state index contributed by atoms with van der Waals surface area (Å²) in [4.78, 5) is 8.71. The molecule has 2 unspecified atom stereocenters. The van der Waals surface area contributed by atoms with Crippen molar-refractivity contribution in [1.82, 2.24) is 20.2 Å². The summed E-state index contributed by atoms with van der Waals surface area (Å²) in [6, 6.07) is 0. The number of anilines is 1. The minimum Gasteiger partial charge on any atom is -0.292 e. The zero-order valence-electron chi connectivity index (χ0n) is 10.9. The first-order chi connectivity index (χ1) is 9.26. The molecule has 1 fully saturated rings. The Balaban J connectivity index is 1.88. The first kappa shape index (κ1) is 12.7. The van der Waals surface area contributed by atoms with E-state index in [1.54, 1.807) is 6.20 Å². The standard InChI is InChI=1S/C12H18N6S/c1-7-3-2-4-8(5-7)19-11-9-6-14-18-10(9)15-12(16-11)17-13/h6-8H,2-5,13H2,1H3,(H2,14,15,16,17,18). The largest absolute Gasteiger partial charge is 0.292 e. The molecule has 0 amide bonds. The molecule has 19 heavy (non-hydrogen) atoms. The van der Waals surface area contributed by atoms with Gasteiger partial charge in [0.25, 0.3) is 0 Å². The highest BCUT2D eigenvalue weighted by Crippen LogP contribution is 2.37.